The average molecular weight is 474 g/mol. The van der Waals surface area contributed by atoms with Gasteiger partial charge in [-0.25, -0.2) is 4.79 Å². The van der Waals surface area contributed by atoms with Crippen molar-refractivity contribution in [2.75, 3.05) is 18.6 Å². The van der Waals surface area contributed by atoms with Crippen LogP contribution in [0.2, 0.25) is 0 Å². The van der Waals surface area contributed by atoms with Gasteiger partial charge >= 0.3 is 5.97 Å². The van der Waals surface area contributed by atoms with E-state index in [0.717, 1.165) is 82.1 Å². The van der Waals surface area contributed by atoms with E-state index in [1.165, 1.54) is 23.3 Å². The number of hydrogen-bond acceptors (Lipinski definition) is 4. The maximum Gasteiger partial charge on any atom is 0.348 e. The molecule has 5 nitrogen and oxygen atoms in total. The molecule has 6 heteroatoms. The molecule has 0 aliphatic heterocycles. The minimum atomic E-state index is -0.916. The van der Waals surface area contributed by atoms with Crippen LogP contribution in [0.4, 0.5) is 5.69 Å². The summed E-state index contributed by atoms with van der Waals surface area (Å²) in [6.07, 6.45) is 14.5. The van der Waals surface area contributed by atoms with E-state index in [-0.39, 0.29) is 17.9 Å². The lowest BCUT2D eigenvalue weighted by Gasteiger charge is -2.39. The minimum Gasteiger partial charge on any atom is -0.477 e. The van der Waals surface area contributed by atoms with Gasteiger partial charge in [0.25, 0.3) is 0 Å². The number of methoxy groups -OCH3 is 1. The molecule has 1 amide bonds. The molecular formula is C27H39NO4S. The van der Waals surface area contributed by atoms with Gasteiger partial charge in [-0.3, -0.25) is 4.79 Å². The first-order valence-corrected chi connectivity index (χ1v) is 13.7. The Morgan fingerprint density at radius 3 is 2.42 bits per heavy atom. The smallest absolute Gasteiger partial charge is 0.348 e. The molecule has 0 atom stereocenters. The Balaban J connectivity index is 1.66. The number of allylic oxidation sites excluding steroid dienone is 2. The summed E-state index contributed by atoms with van der Waals surface area (Å²) in [7, 11) is 1.75. The first kappa shape index (κ1) is 24.5. The summed E-state index contributed by atoms with van der Waals surface area (Å²) in [4.78, 5) is 29.6. The highest BCUT2D eigenvalue weighted by atomic mass is 32.1. The highest BCUT2D eigenvalue weighted by Gasteiger charge is 2.37. The first-order valence-electron chi connectivity index (χ1n) is 12.9. The van der Waals surface area contributed by atoms with Crippen LogP contribution in [-0.2, 0) is 9.53 Å². The number of carboxylic acids is 1. The molecule has 0 saturated heterocycles. The highest BCUT2D eigenvalue weighted by Crippen LogP contribution is 2.42. The number of hydrogen-bond donors (Lipinski definition) is 1. The van der Waals surface area contributed by atoms with Gasteiger partial charge in [-0.1, -0.05) is 13.0 Å². The van der Waals surface area contributed by atoms with Crippen molar-refractivity contribution in [2.45, 2.75) is 90.0 Å². The van der Waals surface area contributed by atoms with E-state index in [4.69, 9.17) is 4.74 Å². The largest absolute Gasteiger partial charge is 0.477 e. The van der Waals surface area contributed by atoms with E-state index in [9.17, 15) is 14.7 Å². The number of thiophene rings is 1. The Hall–Kier alpha value is -1.66. The third kappa shape index (κ3) is 5.71. The van der Waals surface area contributed by atoms with Crippen molar-refractivity contribution in [3.63, 3.8) is 0 Å². The van der Waals surface area contributed by atoms with Gasteiger partial charge in [-0.05, 0) is 101 Å². The van der Waals surface area contributed by atoms with Crippen molar-refractivity contribution in [1.29, 1.82) is 0 Å². The molecule has 4 rings (SSSR count). The Labute approximate surface area is 202 Å². The Bertz CT molecular complexity index is 859. The molecule has 0 spiro atoms. The van der Waals surface area contributed by atoms with E-state index in [0.29, 0.717) is 22.4 Å². The normalized spacial score (nSPS) is 28.2. The summed E-state index contributed by atoms with van der Waals surface area (Å²) in [5.41, 5.74) is 1.90. The Morgan fingerprint density at radius 2 is 1.82 bits per heavy atom. The topological polar surface area (TPSA) is 66.8 Å². The molecule has 1 aromatic rings. The molecule has 2 saturated carbocycles. The predicted molar refractivity (Wildman–Crippen MR) is 134 cm³/mol. The van der Waals surface area contributed by atoms with E-state index in [2.05, 4.69) is 13.0 Å². The number of amides is 1. The molecule has 1 heterocycles. The number of carbonyl (C=O) groups is 2. The SMILES string of the molecule is COC[C@H]1CC[C@@H](N(c2cc(C3=CCCCC3)sc2C(=O)O)C(=O)[C@H]2CC[C@H](C)CC2)CC1. The number of nitrogens with zero attached hydrogens (tertiary/aromatic N) is 1. The van der Waals surface area contributed by atoms with Gasteiger partial charge in [0.05, 0.1) is 5.69 Å². The van der Waals surface area contributed by atoms with Gasteiger partial charge < -0.3 is 14.7 Å². The molecule has 182 valence electrons. The van der Waals surface area contributed by atoms with Crippen molar-refractivity contribution < 1.29 is 19.4 Å². The lowest BCUT2D eigenvalue weighted by molar-refractivity contribution is -0.124. The molecule has 33 heavy (non-hydrogen) atoms. The summed E-state index contributed by atoms with van der Waals surface area (Å²) in [5.74, 6) is 0.454. The molecule has 1 N–H and O–H groups in total. The lowest BCUT2D eigenvalue weighted by atomic mass is 9.81. The van der Waals surface area contributed by atoms with Gasteiger partial charge in [0.1, 0.15) is 4.88 Å². The minimum absolute atomic E-state index is 0.0109. The van der Waals surface area contributed by atoms with E-state index in [1.54, 1.807) is 7.11 Å². The number of ether oxygens (including phenoxy) is 1. The van der Waals surface area contributed by atoms with E-state index < -0.39 is 5.97 Å². The fourth-order valence-corrected chi connectivity index (χ4v) is 6.99. The van der Waals surface area contributed by atoms with Crippen LogP contribution in [0.5, 0.6) is 0 Å². The lowest BCUT2D eigenvalue weighted by Crippen LogP contribution is -2.46. The molecule has 0 bridgehead atoms. The molecule has 1 aromatic heterocycles. The summed E-state index contributed by atoms with van der Waals surface area (Å²) in [6, 6.07) is 2.10. The molecule has 3 aliphatic rings. The van der Waals surface area contributed by atoms with Gasteiger partial charge in [0, 0.05) is 30.6 Å². The van der Waals surface area contributed by atoms with Crippen LogP contribution in [-0.4, -0.2) is 36.7 Å². The van der Waals surface area contributed by atoms with E-state index >= 15 is 0 Å². The van der Waals surface area contributed by atoms with Crippen LogP contribution in [0.25, 0.3) is 5.57 Å². The van der Waals surface area contributed by atoms with Crippen LogP contribution in [0, 0.1) is 17.8 Å². The third-order valence-electron chi connectivity index (χ3n) is 7.96. The monoisotopic (exact) mass is 473 g/mol. The van der Waals surface area contributed by atoms with Gasteiger partial charge in [-0.2, -0.15) is 0 Å². The highest BCUT2D eigenvalue weighted by molar-refractivity contribution is 7.15. The van der Waals surface area contributed by atoms with Crippen LogP contribution < -0.4 is 4.90 Å². The summed E-state index contributed by atoms with van der Waals surface area (Å²) >= 11 is 1.36. The molecule has 0 aromatic carbocycles. The van der Waals surface area contributed by atoms with Crippen molar-refractivity contribution in [3.05, 3.63) is 21.9 Å². The van der Waals surface area contributed by atoms with Gasteiger partial charge in [-0.15, -0.1) is 11.3 Å². The van der Waals surface area contributed by atoms with Crippen LogP contribution >= 0.6 is 11.3 Å². The predicted octanol–water partition coefficient (Wildman–Crippen LogP) is 6.77. The van der Waals surface area contributed by atoms with Crippen LogP contribution in [0.3, 0.4) is 0 Å². The van der Waals surface area contributed by atoms with Crippen molar-refractivity contribution in [1.82, 2.24) is 0 Å². The van der Waals surface area contributed by atoms with Crippen LogP contribution in [0.1, 0.15) is 98.5 Å². The molecule has 3 aliphatic carbocycles. The van der Waals surface area contributed by atoms with E-state index in [1.807, 2.05) is 11.0 Å². The fourth-order valence-electron chi connectivity index (χ4n) is 5.94. The van der Waals surface area contributed by atoms with Crippen molar-refractivity contribution in [3.8, 4) is 0 Å². The fraction of sp³-hybridized carbons (Fsp3) is 0.704. The average Bonchev–Trinajstić information content (AvgIpc) is 3.27. The number of anilines is 1. The second kappa shape index (κ2) is 11.2. The van der Waals surface area contributed by atoms with Crippen molar-refractivity contribution in [2.24, 2.45) is 17.8 Å². The maximum absolute atomic E-state index is 14.0. The second-order valence-corrected chi connectivity index (χ2v) is 11.5. The number of aromatic carboxylic acids is 1. The Kier molecular flexibility index (Phi) is 8.29. The maximum atomic E-state index is 14.0. The quantitative estimate of drug-likeness (QED) is 0.475. The molecular weight excluding hydrogens is 434 g/mol. The second-order valence-electron chi connectivity index (χ2n) is 10.4. The number of carbonyl (C=O) groups excluding carboxylic acids is 1. The zero-order valence-corrected chi connectivity index (χ0v) is 21.0. The summed E-state index contributed by atoms with van der Waals surface area (Å²) < 4.78 is 5.37. The first-order chi connectivity index (χ1) is 16.0. The molecule has 0 radical (unpaired) electrons. The summed E-state index contributed by atoms with van der Waals surface area (Å²) in [6.45, 7) is 3.03. The zero-order chi connectivity index (χ0) is 23.4. The standard InChI is InChI=1S/C27H39NO4S/c1-18-8-12-21(13-9-18)26(29)28(22-14-10-19(11-15-22)17-32-2)23-16-24(33-25(23)27(30)31)20-6-4-3-5-7-20/h6,16,18-19,21-22H,3-5,7-15,17H2,1-2H3,(H,30,31)/t18-,19-,21-,22+. The molecule has 2 fully saturated rings. The Morgan fingerprint density at radius 1 is 1.09 bits per heavy atom. The molecule has 0 unspecified atom stereocenters. The van der Waals surface area contributed by atoms with Crippen molar-refractivity contribution >= 4 is 34.5 Å². The van der Waals surface area contributed by atoms with Gasteiger partial charge in [0.2, 0.25) is 5.91 Å². The van der Waals surface area contributed by atoms with Crippen LogP contribution in [0.15, 0.2) is 12.1 Å². The van der Waals surface area contributed by atoms with Gasteiger partial charge in [0.15, 0.2) is 0 Å². The third-order valence-corrected chi connectivity index (χ3v) is 9.15. The zero-order valence-electron chi connectivity index (χ0n) is 20.2. The summed E-state index contributed by atoms with van der Waals surface area (Å²) in [5, 5.41) is 10.1. The number of carboxylic acid groups (broad SMARTS) is 1. The number of rotatable bonds is 7.